The van der Waals surface area contributed by atoms with E-state index >= 15 is 0 Å². The van der Waals surface area contributed by atoms with Crippen molar-refractivity contribution in [2.24, 2.45) is 0 Å². The molecule has 1 aromatic heterocycles. The van der Waals surface area contributed by atoms with Crippen molar-refractivity contribution in [1.82, 2.24) is 4.98 Å². The van der Waals surface area contributed by atoms with Crippen LogP contribution in [-0.4, -0.2) is 17.3 Å². The SMILES string of the molecule is CC(Oc1cc(C#N)ncc1C1(F)CCC1)C(F)(F)F. The molecule has 0 amide bonds. The zero-order valence-corrected chi connectivity index (χ0v) is 10.7. The van der Waals surface area contributed by atoms with Crippen LogP contribution >= 0.6 is 0 Å². The van der Waals surface area contributed by atoms with E-state index in [-0.39, 0.29) is 29.8 Å². The topological polar surface area (TPSA) is 45.9 Å². The fraction of sp³-hybridized carbons (Fsp3) is 0.538. The van der Waals surface area contributed by atoms with Crippen molar-refractivity contribution in [2.75, 3.05) is 0 Å². The van der Waals surface area contributed by atoms with Crippen LogP contribution in [0.3, 0.4) is 0 Å². The lowest BCUT2D eigenvalue weighted by Gasteiger charge is -2.35. The Morgan fingerprint density at radius 1 is 1.45 bits per heavy atom. The van der Waals surface area contributed by atoms with Crippen LogP contribution in [0.5, 0.6) is 5.75 Å². The number of aromatic nitrogens is 1. The fourth-order valence-corrected chi connectivity index (χ4v) is 1.95. The van der Waals surface area contributed by atoms with Crippen molar-refractivity contribution in [3.63, 3.8) is 0 Å². The summed E-state index contributed by atoms with van der Waals surface area (Å²) >= 11 is 0. The zero-order valence-electron chi connectivity index (χ0n) is 10.7. The molecule has 1 heterocycles. The lowest BCUT2D eigenvalue weighted by Crippen LogP contribution is -2.34. The average Bonchev–Trinajstić information content (AvgIpc) is 2.34. The Hall–Kier alpha value is -1.84. The van der Waals surface area contributed by atoms with E-state index in [4.69, 9.17) is 10.00 Å². The van der Waals surface area contributed by atoms with Crippen LogP contribution in [-0.2, 0) is 5.67 Å². The first-order valence-corrected chi connectivity index (χ1v) is 6.09. The molecule has 2 rings (SSSR count). The fourth-order valence-electron chi connectivity index (χ4n) is 1.95. The van der Waals surface area contributed by atoms with Gasteiger partial charge in [-0.3, -0.25) is 0 Å². The summed E-state index contributed by atoms with van der Waals surface area (Å²) in [6, 6.07) is 2.75. The lowest BCUT2D eigenvalue weighted by atomic mass is 9.77. The number of ether oxygens (including phenoxy) is 1. The highest BCUT2D eigenvalue weighted by molar-refractivity contribution is 5.42. The molecule has 20 heavy (non-hydrogen) atoms. The predicted molar refractivity (Wildman–Crippen MR) is 61.7 cm³/mol. The quantitative estimate of drug-likeness (QED) is 0.798. The molecule has 1 aliphatic rings. The molecule has 7 heteroatoms. The summed E-state index contributed by atoms with van der Waals surface area (Å²) in [5.41, 5.74) is -1.83. The minimum Gasteiger partial charge on any atom is -0.481 e. The van der Waals surface area contributed by atoms with Crippen LogP contribution in [0.4, 0.5) is 17.6 Å². The van der Waals surface area contributed by atoms with Gasteiger partial charge in [0.15, 0.2) is 6.10 Å². The number of halogens is 4. The average molecular weight is 288 g/mol. The maximum Gasteiger partial charge on any atom is 0.425 e. The number of nitrogens with zero attached hydrogens (tertiary/aromatic N) is 2. The van der Waals surface area contributed by atoms with Crippen molar-refractivity contribution < 1.29 is 22.3 Å². The van der Waals surface area contributed by atoms with Gasteiger partial charge in [-0.2, -0.15) is 18.4 Å². The van der Waals surface area contributed by atoms with Crippen LogP contribution in [0, 0.1) is 11.3 Å². The number of pyridine rings is 1. The van der Waals surface area contributed by atoms with Gasteiger partial charge in [0, 0.05) is 17.8 Å². The Morgan fingerprint density at radius 2 is 2.10 bits per heavy atom. The van der Waals surface area contributed by atoms with E-state index < -0.39 is 17.9 Å². The van der Waals surface area contributed by atoms with E-state index in [0.29, 0.717) is 6.42 Å². The number of hydrogen-bond donors (Lipinski definition) is 0. The normalized spacial score (nSPS) is 18.8. The van der Waals surface area contributed by atoms with E-state index in [2.05, 4.69) is 4.98 Å². The smallest absolute Gasteiger partial charge is 0.425 e. The minimum absolute atomic E-state index is 0.0150. The highest BCUT2D eigenvalue weighted by Crippen LogP contribution is 2.48. The summed E-state index contributed by atoms with van der Waals surface area (Å²) in [7, 11) is 0. The Bertz CT molecular complexity index is 546. The number of nitriles is 1. The Morgan fingerprint density at radius 3 is 2.55 bits per heavy atom. The molecule has 0 saturated heterocycles. The van der Waals surface area contributed by atoms with Crippen molar-refractivity contribution in [3.8, 4) is 11.8 Å². The van der Waals surface area contributed by atoms with Crippen molar-refractivity contribution in [3.05, 3.63) is 23.5 Å². The molecule has 1 unspecified atom stereocenters. The van der Waals surface area contributed by atoms with Gasteiger partial charge in [-0.15, -0.1) is 0 Å². The van der Waals surface area contributed by atoms with Gasteiger partial charge in [-0.1, -0.05) is 0 Å². The Labute approximate surface area is 113 Å². The van der Waals surface area contributed by atoms with Gasteiger partial charge in [-0.05, 0) is 26.2 Å². The van der Waals surface area contributed by atoms with Gasteiger partial charge in [0.1, 0.15) is 23.2 Å². The summed E-state index contributed by atoms with van der Waals surface area (Å²) in [5.74, 6) is -0.261. The highest BCUT2D eigenvalue weighted by Gasteiger charge is 2.43. The molecule has 1 fully saturated rings. The maximum atomic E-state index is 14.4. The largest absolute Gasteiger partial charge is 0.481 e. The van der Waals surface area contributed by atoms with Gasteiger partial charge in [0.05, 0.1) is 0 Å². The van der Waals surface area contributed by atoms with E-state index in [1.54, 1.807) is 6.07 Å². The van der Waals surface area contributed by atoms with Crippen LogP contribution in [0.15, 0.2) is 12.3 Å². The van der Waals surface area contributed by atoms with Crippen LogP contribution in [0.2, 0.25) is 0 Å². The van der Waals surface area contributed by atoms with Crippen LogP contribution in [0.25, 0.3) is 0 Å². The molecule has 0 bridgehead atoms. The third-order valence-electron chi connectivity index (χ3n) is 3.37. The number of alkyl halides is 4. The van der Waals surface area contributed by atoms with E-state index in [9.17, 15) is 17.6 Å². The zero-order chi connectivity index (χ0) is 15.0. The number of rotatable bonds is 3. The summed E-state index contributed by atoms with van der Waals surface area (Å²) in [6.45, 7) is 0.835. The van der Waals surface area contributed by atoms with Gasteiger partial charge < -0.3 is 4.74 Å². The second-order valence-corrected chi connectivity index (χ2v) is 4.80. The molecule has 3 nitrogen and oxygen atoms in total. The molecule has 1 aliphatic carbocycles. The van der Waals surface area contributed by atoms with Crippen molar-refractivity contribution in [2.45, 2.75) is 44.1 Å². The first-order chi connectivity index (χ1) is 9.26. The molecule has 1 atom stereocenters. The summed E-state index contributed by atoms with van der Waals surface area (Å²) in [5, 5.41) is 8.74. The monoisotopic (exact) mass is 288 g/mol. The second-order valence-electron chi connectivity index (χ2n) is 4.80. The Kier molecular flexibility index (Phi) is 3.59. The predicted octanol–water partition coefficient (Wildman–Crippen LogP) is 3.63. The summed E-state index contributed by atoms with van der Waals surface area (Å²) < 4.78 is 56.8. The first-order valence-electron chi connectivity index (χ1n) is 6.09. The van der Waals surface area contributed by atoms with Gasteiger partial charge in [0.2, 0.25) is 0 Å². The van der Waals surface area contributed by atoms with E-state index in [1.807, 2.05) is 0 Å². The lowest BCUT2D eigenvalue weighted by molar-refractivity contribution is -0.189. The van der Waals surface area contributed by atoms with Crippen LogP contribution < -0.4 is 4.74 Å². The Balaban J connectivity index is 2.36. The standard InChI is InChI=1S/C13H12F4N2O/c1-8(13(15,16)17)20-11-5-9(6-18)19-7-10(11)12(14)3-2-4-12/h5,7-8H,2-4H2,1H3. The van der Waals surface area contributed by atoms with Gasteiger partial charge in [-0.25, -0.2) is 9.37 Å². The molecule has 0 radical (unpaired) electrons. The highest BCUT2D eigenvalue weighted by atomic mass is 19.4. The molecule has 0 N–H and O–H groups in total. The molecule has 108 valence electrons. The molecule has 0 aromatic carbocycles. The van der Waals surface area contributed by atoms with Crippen molar-refractivity contribution in [1.29, 1.82) is 5.26 Å². The summed E-state index contributed by atoms with van der Waals surface area (Å²) in [4.78, 5) is 3.71. The molecular weight excluding hydrogens is 276 g/mol. The molecule has 1 saturated carbocycles. The minimum atomic E-state index is -4.56. The summed E-state index contributed by atoms with van der Waals surface area (Å²) in [6.07, 6.45) is -4.45. The van der Waals surface area contributed by atoms with E-state index in [1.165, 1.54) is 0 Å². The molecule has 1 aromatic rings. The molecule has 0 aliphatic heterocycles. The third-order valence-corrected chi connectivity index (χ3v) is 3.37. The van der Waals surface area contributed by atoms with E-state index in [0.717, 1.165) is 19.2 Å². The van der Waals surface area contributed by atoms with Crippen molar-refractivity contribution >= 4 is 0 Å². The maximum absolute atomic E-state index is 14.4. The third kappa shape index (κ3) is 2.69. The first kappa shape index (κ1) is 14.6. The van der Waals surface area contributed by atoms with Gasteiger partial charge >= 0.3 is 6.18 Å². The second kappa shape index (κ2) is 4.93. The molecular formula is C13H12F4N2O. The number of hydrogen-bond acceptors (Lipinski definition) is 3. The van der Waals surface area contributed by atoms with Gasteiger partial charge in [0.25, 0.3) is 0 Å². The van der Waals surface area contributed by atoms with Crippen LogP contribution in [0.1, 0.15) is 37.4 Å². The molecule has 0 spiro atoms.